The third-order valence-electron chi connectivity index (χ3n) is 1.41. The van der Waals surface area contributed by atoms with Crippen molar-refractivity contribution < 1.29 is 26.7 Å². The molecule has 76 valence electrons. The quantitative estimate of drug-likeness (QED) is 0.314. The minimum absolute atomic E-state index is 1.65. The normalized spacial score (nSPS) is 10.4. The minimum atomic E-state index is -2.33. The zero-order valence-corrected chi connectivity index (χ0v) is 6.93. The molecule has 0 heterocycles. The Hall–Kier alpha value is -1.17. The van der Waals surface area contributed by atoms with Gasteiger partial charge in [0.05, 0.1) is 0 Å². The van der Waals surface area contributed by atoms with E-state index in [1.54, 1.807) is 0 Å². The molecular formula is C7ClF5O. The van der Waals surface area contributed by atoms with Gasteiger partial charge in [0.1, 0.15) is 5.56 Å². The second kappa shape index (κ2) is 3.53. The van der Waals surface area contributed by atoms with Crippen molar-refractivity contribution in [1.29, 1.82) is 0 Å². The van der Waals surface area contributed by atoms with E-state index in [2.05, 4.69) is 11.6 Å². The lowest BCUT2D eigenvalue weighted by Gasteiger charge is -2.03. The number of benzene rings is 1. The van der Waals surface area contributed by atoms with E-state index in [9.17, 15) is 26.7 Å². The van der Waals surface area contributed by atoms with Crippen molar-refractivity contribution in [2.45, 2.75) is 0 Å². The lowest BCUT2D eigenvalue weighted by Crippen LogP contribution is -2.09. The minimum Gasteiger partial charge on any atom is -0.275 e. The predicted octanol–water partition coefficient (Wildman–Crippen LogP) is 2.76. The highest BCUT2D eigenvalue weighted by Crippen LogP contribution is 2.23. The Kier molecular flexibility index (Phi) is 2.75. The number of carbonyl (C=O) groups is 1. The van der Waals surface area contributed by atoms with Crippen LogP contribution < -0.4 is 0 Å². The zero-order chi connectivity index (χ0) is 11.0. The van der Waals surface area contributed by atoms with Crippen molar-refractivity contribution in [3.8, 4) is 0 Å². The summed E-state index contributed by atoms with van der Waals surface area (Å²) >= 11 is 4.64. The van der Waals surface area contributed by atoms with Crippen LogP contribution in [0, 0.1) is 29.1 Å². The molecule has 0 amide bonds. The summed E-state index contributed by atoms with van der Waals surface area (Å²) in [5, 5.41) is -1.75. The van der Waals surface area contributed by atoms with Crippen LogP contribution in [0.5, 0.6) is 0 Å². The average Bonchev–Trinajstić information content (AvgIpc) is 2.11. The van der Waals surface area contributed by atoms with Gasteiger partial charge in [0.25, 0.3) is 5.24 Å². The zero-order valence-electron chi connectivity index (χ0n) is 6.18. The van der Waals surface area contributed by atoms with E-state index in [0.717, 1.165) is 0 Å². The summed E-state index contributed by atoms with van der Waals surface area (Å²) in [6, 6.07) is 0. The molecule has 14 heavy (non-hydrogen) atoms. The van der Waals surface area contributed by atoms with Crippen molar-refractivity contribution in [1.82, 2.24) is 0 Å². The largest absolute Gasteiger partial charge is 0.275 e. The lowest BCUT2D eigenvalue weighted by molar-refractivity contribution is 0.107. The molecule has 0 fully saturated rings. The van der Waals surface area contributed by atoms with Gasteiger partial charge in [-0.2, -0.15) is 0 Å². The van der Waals surface area contributed by atoms with Gasteiger partial charge in [-0.3, -0.25) is 4.79 Å². The summed E-state index contributed by atoms with van der Waals surface area (Å²) in [5.41, 5.74) is -1.65. The maximum absolute atomic E-state index is 12.6. The smallest absolute Gasteiger partial charge is 0.258 e. The van der Waals surface area contributed by atoms with Crippen molar-refractivity contribution in [3.63, 3.8) is 0 Å². The Morgan fingerprint density at radius 2 is 1.07 bits per heavy atom. The highest BCUT2D eigenvalue weighted by Gasteiger charge is 2.28. The molecule has 0 aromatic heterocycles. The van der Waals surface area contributed by atoms with Gasteiger partial charge in [-0.25, -0.2) is 22.0 Å². The molecule has 0 aliphatic carbocycles. The molecule has 1 aromatic carbocycles. The molecule has 7 heteroatoms. The molecule has 0 aliphatic heterocycles. The standard InChI is InChI=1S/C7ClF5O/c8-7(14)1-2(9)4(11)6(13)5(12)3(1)10. The molecule has 0 saturated heterocycles. The van der Waals surface area contributed by atoms with E-state index in [-0.39, 0.29) is 0 Å². The van der Waals surface area contributed by atoms with E-state index >= 15 is 0 Å². The van der Waals surface area contributed by atoms with Crippen LogP contribution in [0.4, 0.5) is 22.0 Å². The van der Waals surface area contributed by atoms with Crippen LogP contribution in [0.15, 0.2) is 0 Å². The van der Waals surface area contributed by atoms with Gasteiger partial charge in [0, 0.05) is 0 Å². The number of hydrogen-bond donors (Lipinski definition) is 0. The van der Waals surface area contributed by atoms with Crippen molar-refractivity contribution in [3.05, 3.63) is 34.6 Å². The Morgan fingerprint density at radius 1 is 0.786 bits per heavy atom. The van der Waals surface area contributed by atoms with E-state index in [4.69, 9.17) is 0 Å². The van der Waals surface area contributed by atoms with Crippen LogP contribution in [-0.4, -0.2) is 5.24 Å². The lowest BCUT2D eigenvalue weighted by atomic mass is 10.2. The van der Waals surface area contributed by atoms with Crippen molar-refractivity contribution in [2.75, 3.05) is 0 Å². The van der Waals surface area contributed by atoms with Crippen molar-refractivity contribution >= 4 is 16.8 Å². The van der Waals surface area contributed by atoms with Crippen molar-refractivity contribution in [2.24, 2.45) is 0 Å². The van der Waals surface area contributed by atoms with Gasteiger partial charge >= 0.3 is 0 Å². The molecule has 1 nitrogen and oxygen atoms in total. The number of carbonyl (C=O) groups excluding carboxylic acids is 1. The fourth-order valence-corrected chi connectivity index (χ4v) is 0.943. The molecule has 0 unspecified atom stereocenters. The fraction of sp³-hybridized carbons (Fsp3) is 0. The highest BCUT2D eigenvalue weighted by atomic mass is 35.5. The Morgan fingerprint density at radius 3 is 1.36 bits per heavy atom. The summed E-state index contributed by atoms with van der Waals surface area (Å²) in [6.45, 7) is 0. The molecule has 0 atom stereocenters. The van der Waals surface area contributed by atoms with E-state index in [0.29, 0.717) is 0 Å². The van der Waals surface area contributed by atoms with Crippen LogP contribution in [-0.2, 0) is 0 Å². The summed E-state index contributed by atoms with van der Waals surface area (Å²) in [7, 11) is 0. The van der Waals surface area contributed by atoms with E-state index in [1.807, 2.05) is 0 Å². The van der Waals surface area contributed by atoms with Gasteiger partial charge in [-0.15, -0.1) is 0 Å². The third kappa shape index (κ3) is 1.45. The first kappa shape index (κ1) is 10.9. The van der Waals surface area contributed by atoms with Gasteiger partial charge in [-0.05, 0) is 11.6 Å². The molecular weight excluding hydrogens is 231 g/mol. The first-order chi connectivity index (χ1) is 6.37. The van der Waals surface area contributed by atoms with Gasteiger partial charge in [0.2, 0.25) is 5.82 Å². The molecule has 0 aliphatic rings. The second-order valence-electron chi connectivity index (χ2n) is 2.22. The molecule has 1 rings (SSSR count). The maximum Gasteiger partial charge on any atom is 0.258 e. The Labute approximate surface area is 79.1 Å². The summed E-state index contributed by atoms with van der Waals surface area (Å²) in [6.07, 6.45) is 0. The van der Waals surface area contributed by atoms with Crippen LogP contribution in [0.1, 0.15) is 10.4 Å². The first-order valence-corrected chi connectivity index (χ1v) is 3.47. The predicted molar refractivity (Wildman–Crippen MR) is 36.4 cm³/mol. The molecule has 0 radical (unpaired) electrons. The number of halogens is 6. The fourth-order valence-electron chi connectivity index (χ4n) is 0.777. The van der Waals surface area contributed by atoms with E-state index in [1.165, 1.54) is 0 Å². The molecule has 0 bridgehead atoms. The van der Waals surface area contributed by atoms with Crippen LogP contribution in [0.2, 0.25) is 0 Å². The molecule has 1 aromatic rings. The second-order valence-corrected chi connectivity index (χ2v) is 2.56. The molecule has 0 N–H and O–H groups in total. The van der Waals surface area contributed by atoms with Gasteiger partial charge in [0.15, 0.2) is 23.3 Å². The number of rotatable bonds is 1. The SMILES string of the molecule is O=C(Cl)c1c(F)c(F)c(F)c(F)c1F. The Bertz CT molecular complexity index is 388. The summed E-state index contributed by atoms with van der Waals surface area (Å²) in [4.78, 5) is 10.3. The highest BCUT2D eigenvalue weighted by molar-refractivity contribution is 6.67. The monoisotopic (exact) mass is 230 g/mol. The summed E-state index contributed by atoms with van der Waals surface area (Å²) in [5.74, 6) is -11.2. The average molecular weight is 231 g/mol. The summed E-state index contributed by atoms with van der Waals surface area (Å²) < 4.78 is 62.4. The third-order valence-corrected chi connectivity index (χ3v) is 1.60. The van der Waals surface area contributed by atoms with Gasteiger partial charge in [-0.1, -0.05) is 0 Å². The van der Waals surface area contributed by atoms with Crippen LogP contribution in [0.25, 0.3) is 0 Å². The van der Waals surface area contributed by atoms with E-state index < -0.39 is 39.9 Å². The first-order valence-electron chi connectivity index (χ1n) is 3.09. The molecule has 0 saturated carbocycles. The van der Waals surface area contributed by atoms with Crippen LogP contribution in [0.3, 0.4) is 0 Å². The van der Waals surface area contributed by atoms with Crippen LogP contribution >= 0.6 is 11.6 Å². The maximum atomic E-state index is 12.6. The molecule has 0 spiro atoms. The Balaban J connectivity index is 3.68. The van der Waals surface area contributed by atoms with Gasteiger partial charge < -0.3 is 0 Å². The topological polar surface area (TPSA) is 17.1 Å². The number of hydrogen-bond acceptors (Lipinski definition) is 1.